The van der Waals surface area contributed by atoms with Crippen molar-refractivity contribution >= 4 is 47.0 Å². The normalized spacial score (nSPS) is 28.1. The fourth-order valence-electron chi connectivity index (χ4n) is 11.7. The van der Waals surface area contributed by atoms with E-state index in [0.29, 0.717) is 45.0 Å². The number of pyridine rings is 1. The summed E-state index contributed by atoms with van der Waals surface area (Å²) in [4.78, 5) is 77.9. The van der Waals surface area contributed by atoms with Gasteiger partial charge in [-0.25, -0.2) is 4.98 Å². The van der Waals surface area contributed by atoms with Crippen LogP contribution in [0.3, 0.4) is 0 Å². The maximum Gasteiger partial charge on any atom is 0.262 e. The lowest BCUT2D eigenvalue weighted by molar-refractivity contribution is -0.164. The van der Waals surface area contributed by atoms with Crippen LogP contribution in [0.4, 0.5) is 5.82 Å². The average Bonchev–Trinajstić information content (AvgIpc) is 3.52. The Labute approximate surface area is 373 Å². The van der Waals surface area contributed by atoms with Gasteiger partial charge in [-0.15, -0.1) is 0 Å². The molecule has 0 radical (unpaired) electrons. The van der Waals surface area contributed by atoms with Crippen molar-refractivity contribution in [2.24, 2.45) is 16.7 Å². The van der Waals surface area contributed by atoms with Crippen molar-refractivity contribution in [3.8, 4) is 11.8 Å². The molecule has 3 aromatic rings. The van der Waals surface area contributed by atoms with E-state index in [1.165, 1.54) is 0 Å². The fraction of sp³-hybridized carbons (Fsp3) is 0.521. The topological polar surface area (TPSA) is 168 Å². The van der Waals surface area contributed by atoms with E-state index in [2.05, 4.69) is 59.1 Å². The van der Waals surface area contributed by atoms with Gasteiger partial charge in [0.15, 0.2) is 0 Å². The van der Waals surface area contributed by atoms with Crippen LogP contribution in [0.1, 0.15) is 114 Å². The molecule has 5 aliphatic heterocycles. The van der Waals surface area contributed by atoms with Crippen molar-refractivity contribution in [1.29, 1.82) is 5.26 Å². The van der Waals surface area contributed by atoms with E-state index in [4.69, 9.17) is 21.3 Å². The summed E-state index contributed by atoms with van der Waals surface area (Å²) in [5.74, 6) is 0.198. The molecule has 2 N–H and O–H groups in total. The molecule has 63 heavy (non-hydrogen) atoms. The highest BCUT2D eigenvalue weighted by Gasteiger charge is 2.64. The van der Waals surface area contributed by atoms with Crippen LogP contribution in [0.15, 0.2) is 54.7 Å². The Morgan fingerprint density at radius 3 is 2.44 bits per heavy atom. The molecule has 1 aromatic heterocycles. The summed E-state index contributed by atoms with van der Waals surface area (Å²) >= 11 is 6.27. The van der Waals surface area contributed by atoms with Crippen LogP contribution < -0.4 is 20.3 Å². The third-order valence-electron chi connectivity index (χ3n) is 14.7. The summed E-state index contributed by atoms with van der Waals surface area (Å²) < 4.78 is 6.39. The minimum absolute atomic E-state index is 0.0965. The van der Waals surface area contributed by atoms with Crippen molar-refractivity contribution in [2.75, 3.05) is 50.7 Å². The number of nitrogens with zero attached hydrogens (tertiary/aromatic N) is 6. The Bertz CT molecular complexity index is 2380. The van der Waals surface area contributed by atoms with Gasteiger partial charge in [0.05, 0.1) is 27.3 Å². The molecule has 6 aliphatic rings. The van der Waals surface area contributed by atoms with E-state index < -0.39 is 23.8 Å². The number of piperidine rings is 3. The molecule has 2 aromatic carbocycles. The van der Waals surface area contributed by atoms with Gasteiger partial charge < -0.3 is 19.9 Å². The number of imide groups is 2. The highest BCUT2D eigenvalue weighted by Crippen LogP contribution is 2.55. The Morgan fingerprint density at radius 2 is 1.71 bits per heavy atom. The summed E-state index contributed by atoms with van der Waals surface area (Å²) in [7, 11) is 0. The second-order valence-corrected chi connectivity index (χ2v) is 20.0. The van der Waals surface area contributed by atoms with Gasteiger partial charge in [0.25, 0.3) is 17.7 Å². The van der Waals surface area contributed by atoms with Crippen molar-refractivity contribution in [3.63, 3.8) is 0 Å². The monoisotopic (exact) mass is 874 g/mol. The first-order valence-corrected chi connectivity index (χ1v) is 22.7. The number of hydrogen-bond donors (Lipinski definition) is 2. The highest BCUT2D eigenvalue weighted by atomic mass is 35.5. The van der Waals surface area contributed by atoms with Crippen molar-refractivity contribution < 1.29 is 28.7 Å². The van der Waals surface area contributed by atoms with Gasteiger partial charge >= 0.3 is 0 Å². The standard InChI is InChI=1S/C48H55ClN8O6/c1-47(2)45(48(3,4)46(47)63-34-12-8-30(22-50)37(49)21-34)53-41(59)31-10-15-39(51-23-31)56-19-18-55-25-28(7-11-33(55)27-56)24-54-17-5-6-32(26-54)29-9-13-35-36(20-29)44(62)57(43(35)61)38-14-16-40(58)52-42(38)60/h8-10,12-13,15,20-21,23,28,32-33,38,45-46H,5-7,11,14,16-19,24-27H2,1-4H3,(H,53,59)(H,52,58,60). The molecule has 4 unspecified atom stereocenters. The number of piperazine rings is 1. The molecule has 14 nitrogen and oxygen atoms in total. The number of ether oxygens (including phenoxy) is 1. The number of fused-ring (bicyclic) bond motifs is 2. The first-order valence-electron chi connectivity index (χ1n) is 22.3. The Hall–Kier alpha value is -5.36. The molecule has 330 valence electrons. The average molecular weight is 875 g/mol. The van der Waals surface area contributed by atoms with Crippen LogP contribution in [-0.4, -0.2) is 119 Å². The number of halogens is 1. The van der Waals surface area contributed by atoms with E-state index in [-0.39, 0.29) is 53.5 Å². The molecule has 6 heterocycles. The number of hydrogen-bond acceptors (Lipinski definition) is 11. The SMILES string of the molecule is CC1(C)C(NC(=O)c2ccc(N3CCN4CC(CN5CCCC(c6ccc7c(c6)C(=O)N(C6CCC(=O)NC6=O)C7=O)C5)CCC4C3)nc2)C(C)(C)C1Oc1ccc(C#N)c(Cl)c1. The van der Waals surface area contributed by atoms with E-state index in [0.717, 1.165) is 87.8 Å². The highest BCUT2D eigenvalue weighted by molar-refractivity contribution is 6.31. The summed E-state index contributed by atoms with van der Waals surface area (Å²) in [6.07, 6.45) is 6.05. The molecule has 1 aliphatic carbocycles. The second kappa shape index (κ2) is 16.6. The number of benzene rings is 2. The largest absolute Gasteiger partial charge is 0.489 e. The number of carbonyl (C=O) groups excluding carboxylic acids is 5. The zero-order valence-electron chi connectivity index (χ0n) is 36.4. The zero-order valence-corrected chi connectivity index (χ0v) is 37.1. The minimum Gasteiger partial charge on any atom is -0.489 e. The van der Waals surface area contributed by atoms with Gasteiger partial charge in [-0.1, -0.05) is 45.4 Å². The van der Waals surface area contributed by atoms with Gasteiger partial charge in [0.1, 0.15) is 29.8 Å². The molecule has 9 rings (SSSR count). The summed E-state index contributed by atoms with van der Waals surface area (Å²) in [6.45, 7) is 15.1. The van der Waals surface area contributed by atoms with E-state index in [9.17, 15) is 29.2 Å². The predicted molar refractivity (Wildman–Crippen MR) is 235 cm³/mol. The van der Waals surface area contributed by atoms with Crippen LogP contribution >= 0.6 is 11.6 Å². The molecule has 4 saturated heterocycles. The van der Waals surface area contributed by atoms with E-state index in [1.807, 2.05) is 24.3 Å². The maximum absolute atomic E-state index is 13.6. The van der Waals surface area contributed by atoms with E-state index >= 15 is 0 Å². The summed E-state index contributed by atoms with van der Waals surface area (Å²) in [6, 6.07) is 15.9. The third-order valence-corrected chi connectivity index (χ3v) is 15.0. The van der Waals surface area contributed by atoms with Gasteiger partial charge in [-0.05, 0) is 92.4 Å². The van der Waals surface area contributed by atoms with Crippen LogP contribution in [0.2, 0.25) is 5.02 Å². The number of likely N-dealkylation sites (tertiary alicyclic amines) is 1. The molecule has 4 atom stereocenters. The molecular formula is C48H55ClN8O6. The van der Waals surface area contributed by atoms with Crippen LogP contribution in [-0.2, 0) is 9.59 Å². The molecular weight excluding hydrogens is 820 g/mol. The number of aromatic nitrogens is 1. The predicted octanol–water partition coefficient (Wildman–Crippen LogP) is 5.40. The Kier molecular flexibility index (Phi) is 11.3. The van der Waals surface area contributed by atoms with Crippen LogP contribution in [0, 0.1) is 28.1 Å². The first-order chi connectivity index (χ1) is 30.1. The molecule has 5 amide bonds. The van der Waals surface area contributed by atoms with Crippen molar-refractivity contribution in [1.82, 2.24) is 30.3 Å². The molecule has 1 saturated carbocycles. The lowest BCUT2D eigenvalue weighted by atomic mass is 9.49. The lowest BCUT2D eigenvalue weighted by Crippen LogP contribution is -2.74. The van der Waals surface area contributed by atoms with Gasteiger partial charge in [-0.3, -0.25) is 39.1 Å². The third kappa shape index (κ3) is 7.97. The van der Waals surface area contributed by atoms with Gasteiger partial charge in [0, 0.05) is 80.9 Å². The van der Waals surface area contributed by atoms with Crippen LogP contribution in [0.25, 0.3) is 0 Å². The molecule has 0 bridgehead atoms. The molecule has 15 heteroatoms. The number of anilines is 1. The molecule has 0 spiro atoms. The van der Waals surface area contributed by atoms with Crippen LogP contribution in [0.5, 0.6) is 5.75 Å². The number of amides is 5. The summed E-state index contributed by atoms with van der Waals surface area (Å²) in [5, 5.41) is 15.1. The molecule has 5 fully saturated rings. The van der Waals surface area contributed by atoms with Gasteiger partial charge in [-0.2, -0.15) is 5.26 Å². The van der Waals surface area contributed by atoms with Crippen molar-refractivity contribution in [2.45, 2.75) is 96.4 Å². The lowest BCUT2D eigenvalue weighted by Gasteiger charge is -2.63. The first kappa shape index (κ1) is 42.9. The number of rotatable bonds is 9. The quantitative estimate of drug-likeness (QED) is 0.264. The Morgan fingerprint density at radius 1 is 0.921 bits per heavy atom. The minimum atomic E-state index is -0.967. The zero-order chi connectivity index (χ0) is 44.4. The van der Waals surface area contributed by atoms with Gasteiger partial charge in [0.2, 0.25) is 11.8 Å². The van der Waals surface area contributed by atoms with E-state index in [1.54, 1.807) is 30.5 Å². The maximum atomic E-state index is 13.6. The summed E-state index contributed by atoms with van der Waals surface area (Å²) in [5.41, 5.74) is 1.89. The Balaban J connectivity index is 0.752. The smallest absolute Gasteiger partial charge is 0.262 e. The second-order valence-electron chi connectivity index (χ2n) is 19.6. The van der Waals surface area contributed by atoms with Crippen molar-refractivity contribution in [3.05, 3.63) is 87.6 Å². The fourth-order valence-corrected chi connectivity index (χ4v) is 11.9. The number of carbonyl (C=O) groups is 5. The number of nitriles is 1. The number of nitrogens with one attached hydrogen (secondary N) is 2.